The first-order chi connectivity index (χ1) is 24.2. The molecule has 3 N–H and O–H groups in total. The van der Waals surface area contributed by atoms with Gasteiger partial charge in [-0.2, -0.15) is 0 Å². The number of thiazole rings is 1. The van der Waals surface area contributed by atoms with Crippen LogP contribution in [0, 0.1) is 5.82 Å². The van der Waals surface area contributed by atoms with Gasteiger partial charge in [0, 0.05) is 27.1 Å². The minimum atomic E-state index is -0.570. The average molecular weight is 713 g/mol. The van der Waals surface area contributed by atoms with Gasteiger partial charge in [-0.3, -0.25) is 14.4 Å². The van der Waals surface area contributed by atoms with Gasteiger partial charge in [0.25, 0.3) is 11.8 Å². The third-order valence-electron chi connectivity index (χ3n) is 7.20. The van der Waals surface area contributed by atoms with Crippen molar-refractivity contribution in [1.82, 2.24) is 10.3 Å². The van der Waals surface area contributed by atoms with Crippen LogP contribution in [0.5, 0.6) is 17.2 Å². The van der Waals surface area contributed by atoms with E-state index in [-0.39, 0.29) is 17.4 Å². The standard InChI is InChI=1S/C37H33FN4O6S2/c1-22(34(43)42-37-41-30(21-49-37)24-10-12-26(38)13-11-24)50-28-16-14-27(15-17-28)39-36(45)29(40-35(44)25-8-6-5-7-9-25)18-23-19-31(46-2)33(48-4)32(20-23)47-3/h5-22H,1-4H3,(H,39,45)(H,40,44)(H,41,42,43)/b29-18-. The molecular weight excluding hydrogens is 680 g/mol. The van der Waals surface area contributed by atoms with Crippen LogP contribution in [0.4, 0.5) is 15.2 Å². The maximum absolute atomic E-state index is 13.6. The van der Waals surface area contributed by atoms with Gasteiger partial charge in [0.1, 0.15) is 11.5 Å². The molecular formula is C37H33FN4O6S2. The van der Waals surface area contributed by atoms with E-state index >= 15 is 0 Å². The Morgan fingerprint density at radius 3 is 2.14 bits per heavy atom. The SMILES string of the molecule is COc1cc(/C=C(\NC(=O)c2ccccc2)C(=O)Nc2ccc(SC(C)C(=O)Nc3nc(-c4ccc(F)cc4)cs3)cc2)cc(OC)c1OC. The number of halogens is 1. The molecule has 0 saturated carbocycles. The molecule has 10 nitrogen and oxygen atoms in total. The second-order valence-electron chi connectivity index (χ2n) is 10.6. The first-order valence-corrected chi connectivity index (χ1v) is 16.9. The van der Waals surface area contributed by atoms with Gasteiger partial charge >= 0.3 is 0 Å². The molecule has 13 heteroatoms. The number of nitrogens with one attached hydrogen (secondary N) is 3. The molecule has 1 unspecified atom stereocenters. The summed E-state index contributed by atoms with van der Waals surface area (Å²) in [5.41, 5.74) is 2.73. The van der Waals surface area contributed by atoms with Crippen LogP contribution in [-0.2, 0) is 9.59 Å². The molecule has 1 atom stereocenters. The smallest absolute Gasteiger partial charge is 0.272 e. The molecule has 0 aliphatic heterocycles. The highest BCUT2D eigenvalue weighted by molar-refractivity contribution is 8.00. The second kappa shape index (κ2) is 16.6. The van der Waals surface area contributed by atoms with E-state index in [2.05, 4.69) is 20.9 Å². The number of hydrogen-bond donors (Lipinski definition) is 3. The number of nitrogens with zero attached hydrogens (tertiary/aromatic N) is 1. The molecule has 256 valence electrons. The predicted molar refractivity (Wildman–Crippen MR) is 195 cm³/mol. The van der Waals surface area contributed by atoms with Gasteiger partial charge in [0.05, 0.1) is 32.3 Å². The number of hydrogen-bond acceptors (Lipinski definition) is 9. The molecule has 1 aromatic heterocycles. The van der Waals surface area contributed by atoms with Crippen molar-refractivity contribution in [3.63, 3.8) is 0 Å². The summed E-state index contributed by atoms with van der Waals surface area (Å²) in [6, 6.07) is 24.8. The van der Waals surface area contributed by atoms with E-state index in [9.17, 15) is 18.8 Å². The Bertz CT molecular complexity index is 1980. The third kappa shape index (κ3) is 9.07. The van der Waals surface area contributed by atoms with Crippen LogP contribution in [0.3, 0.4) is 0 Å². The van der Waals surface area contributed by atoms with Gasteiger partial charge in [-0.25, -0.2) is 9.37 Å². The van der Waals surface area contributed by atoms with E-state index in [1.807, 2.05) is 0 Å². The second-order valence-corrected chi connectivity index (χ2v) is 12.9. The van der Waals surface area contributed by atoms with Crippen LogP contribution in [0.15, 0.2) is 107 Å². The lowest BCUT2D eigenvalue weighted by molar-refractivity contribution is -0.115. The molecule has 0 spiro atoms. The number of carbonyl (C=O) groups excluding carboxylic acids is 3. The van der Waals surface area contributed by atoms with Crippen LogP contribution in [0.2, 0.25) is 0 Å². The zero-order valence-electron chi connectivity index (χ0n) is 27.5. The van der Waals surface area contributed by atoms with Crippen molar-refractivity contribution in [2.75, 3.05) is 32.0 Å². The van der Waals surface area contributed by atoms with Crippen molar-refractivity contribution in [3.05, 3.63) is 119 Å². The number of methoxy groups -OCH3 is 3. The number of aromatic nitrogens is 1. The Morgan fingerprint density at radius 1 is 0.860 bits per heavy atom. The third-order valence-corrected chi connectivity index (χ3v) is 9.07. The van der Waals surface area contributed by atoms with Gasteiger partial charge in [-0.15, -0.1) is 23.1 Å². The van der Waals surface area contributed by atoms with E-state index in [4.69, 9.17) is 14.2 Å². The number of amides is 3. The fraction of sp³-hybridized carbons (Fsp3) is 0.135. The van der Waals surface area contributed by atoms with E-state index in [1.54, 1.807) is 91.2 Å². The summed E-state index contributed by atoms with van der Waals surface area (Å²) in [6.45, 7) is 1.78. The number of ether oxygens (including phenoxy) is 3. The van der Waals surface area contributed by atoms with Crippen LogP contribution in [0.25, 0.3) is 17.3 Å². The minimum Gasteiger partial charge on any atom is -0.493 e. The summed E-state index contributed by atoms with van der Waals surface area (Å²) < 4.78 is 29.6. The van der Waals surface area contributed by atoms with Gasteiger partial charge in [0.15, 0.2) is 16.6 Å². The lowest BCUT2D eigenvalue weighted by Crippen LogP contribution is -2.30. The van der Waals surface area contributed by atoms with Gasteiger partial charge in [-0.1, -0.05) is 18.2 Å². The first-order valence-electron chi connectivity index (χ1n) is 15.2. The van der Waals surface area contributed by atoms with Gasteiger partial charge in [-0.05, 0) is 91.4 Å². The summed E-state index contributed by atoms with van der Waals surface area (Å²) in [6.07, 6.45) is 1.51. The quantitative estimate of drug-likeness (QED) is 0.0846. The Morgan fingerprint density at radius 2 is 1.52 bits per heavy atom. The molecule has 0 fully saturated rings. The largest absolute Gasteiger partial charge is 0.493 e. The van der Waals surface area contributed by atoms with Crippen molar-refractivity contribution in [1.29, 1.82) is 0 Å². The fourth-order valence-corrected chi connectivity index (χ4v) is 6.25. The molecule has 0 bridgehead atoms. The zero-order chi connectivity index (χ0) is 35.6. The van der Waals surface area contributed by atoms with Crippen LogP contribution >= 0.6 is 23.1 Å². The Balaban J connectivity index is 1.27. The van der Waals surface area contributed by atoms with Crippen molar-refractivity contribution in [2.45, 2.75) is 17.1 Å². The summed E-state index contributed by atoms with van der Waals surface area (Å²) in [5, 5.41) is 10.2. The number of anilines is 2. The monoisotopic (exact) mass is 712 g/mol. The lowest BCUT2D eigenvalue weighted by Gasteiger charge is -2.15. The Labute approximate surface area is 296 Å². The maximum Gasteiger partial charge on any atom is 0.272 e. The highest BCUT2D eigenvalue weighted by Crippen LogP contribution is 2.39. The summed E-state index contributed by atoms with van der Waals surface area (Å²) >= 11 is 2.62. The molecule has 1 heterocycles. The molecule has 3 amide bonds. The lowest BCUT2D eigenvalue weighted by atomic mass is 10.1. The normalized spacial score (nSPS) is 11.7. The topological polar surface area (TPSA) is 128 Å². The van der Waals surface area contributed by atoms with E-state index in [0.717, 1.165) is 10.5 Å². The summed E-state index contributed by atoms with van der Waals surface area (Å²) in [7, 11) is 4.46. The van der Waals surface area contributed by atoms with Crippen molar-refractivity contribution >= 4 is 57.7 Å². The van der Waals surface area contributed by atoms with E-state index in [0.29, 0.717) is 44.9 Å². The van der Waals surface area contributed by atoms with Gasteiger partial charge in [0.2, 0.25) is 11.7 Å². The molecule has 0 aliphatic rings. The maximum atomic E-state index is 13.6. The highest BCUT2D eigenvalue weighted by Gasteiger charge is 2.19. The van der Waals surface area contributed by atoms with Crippen molar-refractivity contribution in [3.8, 4) is 28.5 Å². The molecule has 0 saturated heterocycles. The number of thioether (sulfide) groups is 1. The molecule has 0 radical (unpaired) electrons. The van der Waals surface area contributed by atoms with Crippen LogP contribution in [0.1, 0.15) is 22.8 Å². The Kier molecular flexibility index (Phi) is 11.9. The summed E-state index contributed by atoms with van der Waals surface area (Å²) in [5.74, 6) is -0.462. The molecule has 4 aromatic carbocycles. The Hall–Kier alpha value is -5.66. The zero-order valence-corrected chi connectivity index (χ0v) is 29.1. The van der Waals surface area contributed by atoms with Crippen molar-refractivity contribution < 1.29 is 33.0 Å². The predicted octanol–water partition coefficient (Wildman–Crippen LogP) is 7.50. The minimum absolute atomic E-state index is 0.0263. The van der Waals surface area contributed by atoms with Crippen molar-refractivity contribution in [2.24, 2.45) is 0 Å². The molecule has 50 heavy (non-hydrogen) atoms. The average Bonchev–Trinajstić information content (AvgIpc) is 3.60. The first kappa shape index (κ1) is 35.6. The number of benzene rings is 4. The molecule has 5 aromatic rings. The number of rotatable bonds is 13. The van der Waals surface area contributed by atoms with E-state index < -0.39 is 17.1 Å². The fourth-order valence-electron chi connectivity index (χ4n) is 4.66. The van der Waals surface area contributed by atoms with E-state index in [1.165, 1.54) is 62.6 Å². The molecule has 0 aliphatic carbocycles. The summed E-state index contributed by atoms with van der Waals surface area (Å²) in [4.78, 5) is 44.8. The van der Waals surface area contributed by atoms with Gasteiger partial charge < -0.3 is 30.2 Å². The van der Waals surface area contributed by atoms with Crippen LogP contribution < -0.4 is 30.2 Å². The number of carbonyl (C=O) groups is 3. The molecule has 5 rings (SSSR count). The van der Waals surface area contributed by atoms with Crippen LogP contribution in [-0.4, -0.2) is 49.3 Å². The highest BCUT2D eigenvalue weighted by atomic mass is 32.2.